The predicted octanol–water partition coefficient (Wildman–Crippen LogP) is 3.78. The van der Waals surface area contributed by atoms with Crippen LogP contribution < -0.4 is 15.4 Å². The van der Waals surface area contributed by atoms with Crippen LogP contribution in [0.2, 0.25) is 0 Å². The first-order chi connectivity index (χ1) is 14.1. The van der Waals surface area contributed by atoms with Crippen molar-refractivity contribution in [3.63, 3.8) is 0 Å². The molecule has 160 valence electrons. The second-order valence-corrected chi connectivity index (χ2v) is 7.88. The van der Waals surface area contributed by atoms with Crippen molar-refractivity contribution in [3.05, 3.63) is 54.1 Å². The van der Waals surface area contributed by atoms with E-state index in [0.29, 0.717) is 29.2 Å². The SMILES string of the molecule is CCN(CC(=O)Nc1cccc(OC)c1)C(=O)c1cccc(NC(=O)C(C)(C)C)c1. The van der Waals surface area contributed by atoms with Crippen LogP contribution in [0, 0.1) is 5.41 Å². The van der Waals surface area contributed by atoms with Gasteiger partial charge in [-0.1, -0.05) is 32.9 Å². The van der Waals surface area contributed by atoms with E-state index in [4.69, 9.17) is 4.74 Å². The van der Waals surface area contributed by atoms with Gasteiger partial charge in [0.1, 0.15) is 12.3 Å². The molecule has 0 bridgehead atoms. The molecule has 0 fully saturated rings. The summed E-state index contributed by atoms with van der Waals surface area (Å²) in [5, 5.41) is 5.59. The summed E-state index contributed by atoms with van der Waals surface area (Å²) in [5.41, 5.74) is 0.985. The van der Waals surface area contributed by atoms with Crippen LogP contribution in [0.1, 0.15) is 38.1 Å². The summed E-state index contributed by atoms with van der Waals surface area (Å²) in [6.45, 7) is 7.53. The molecule has 7 nitrogen and oxygen atoms in total. The van der Waals surface area contributed by atoms with Crippen LogP contribution in [-0.4, -0.2) is 42.8 Å². The van der Waals surface area contributed by atoms with Gasteiger partial charge in [0.15, 0.2) is 0 Å². The van der Waals surface area contributed by atoms with E-state index in [1.165, 1.54) is 4.90 Å². The lowest BCUT2D eigenvalue weighted by Gasteiger charge is -2.21. The maximum atomic E-state index is 12.9. The zero-order valence-corrected chi connectivity index (χ0v) is 18.1. The Bertz CT molecular complexity index is 919. The molecule has 0 aromatic heterocycles. The third kappa shape index (κ3) is 6.34. The number of amides is 3. The third-order valence-corrected chi connectivity index (χ3v) is 4.41. The Balaban J connectivity index is 2.07. The Morgan fingerprint density at radius 1 is 0.967 bits per heavy atom. The monoisotopic (exact) mass is 411 g/mol. The van der Waals surface area contributed by atoms with Crippen molar-refractivity contribution in [1.82, 2.24) is 4.90 Å². The molecular weight excluding hydrogens is 382 g/mol. The normalized spacial score (nSPS) is 10.8. The number of hydrogen-bond donors (Lipinski definition) is 2. The number of nitrogens with zero attached hydrogens (tertiary/aromatic N) is 1. The van der Waals surface area contributed by atoms with Gasteiger partial charge in [0.2, 0.25) is 11.8 Å². The second kappa shape index (κ2) is 9.91. The summed E-state index contributed by atoms with van der Waals surface area (Å²) in [5.74, 6) is -0.108. The van der Waals surface area contributed by atoms with E-state index in [1.54, 1.807) is 55.6 Å². The third-order valence-electron chi connectivity index (χ3n) is 4.41. The number of anilines is 2. The van der Waals surface area contributed by atoms with Crippen molar-refractivity contribution < 1.29 is 19.1 Å². The molecule has 0 atom stereocenters. The minimum Gasteiger partial charge on any atom is -0.497 e. The van der Waals surface area contributed by atoms with Gasteiger partial charge in [-0.2, -0.15) is 0 Å². The van der Waals surface area contributed by atoms with Crippen LogP contribution in [0.5, 0.6) is 5.75 Å². The summed E-state index contributed by atoms with van der Waals surface area (Å²) in [4.78, 5) is 39.0. The maximum absolute atomic E-state index is 12.9. The average Bonchev–Trinajstić information content (AvgIpc) is 2.71. The molecule has 0 unspecified atom stereocenters. The van der Waals surface area contributed by atoms with Crippen LogP contribution in [0.4, 0.5) is 11.4 Å². The van der Waals surface area contributed by atoms with Gasteiger partial charge < -0.3 is 20.3 Å². The Kier molecular flexibility index (Phi) is 7.58. The van der Waals surface area contributed by atoms with E-state index in [-0.39, 0.29) is 24.3 Å². The molecule has 0 aliphatic rings. The first-order valence-corrected chi connectivity index (χ1v) is 9.78. The minimum absolute atomic E-state index is 0.0921. The Labute approximate surface area is 177 Å². The molecule has 2 rings (SSSR count). The van der Waals surface area contributed by atoms with Crippen LogP contribution >= 0.6 is 0 Å². The number of nitrogens with one attached hydrogen (secondary N) is 2. The number of carbonyl (C=O) groups is 3. The van der Waals surface area contributed by atoms with Crippen LogP contribution in [0.3, 0.4) is 0 Å². The molecule has 0 saturated carbocycles. The molecule has 2 N–H and O–H groups in total. The van der Waals surface area contributed by atoms with Gasteiger partial charge in [-0.25, -0.2) is 0 Å². The molecule has 2 aromatic rings. The van der Waals surface area contributed by atoms with Gasteiger partial charge in [0, 0.05) is 35.0 Å². The van der Waals surface area contributed by atoms with Crippen LogP contribution in [0.25, 0.3) is 0 Å². The Hall–Kier alpha value is -3.35. The molecule has 0 aliphatic heterocycles. The van der Waals surface area contributed by atoms with Crippen molar-refractivity contribution >= 4 is 29.1 Å². The van der Waals surface area contributed by atoms with Crippen LogP contribution in [0.15, 0.2) is 48.5 Å². The van der Waals surface area contributed by atoms with Gasteiger partial charge in [0.25, 0.3) is 5.91 Å². The average molecular weight is 412 g/mol. The summed E-state index contributed by atoms with van der Waals surface area (Å²) in [7, 11) is 1.55. The molecule has 30 heavy (non-hydrogen) atoms. The van der Waals surface area contributed by atoms with Gasteiger partial charge in [-0.05, 0) is 37.3 Å². The largest absolute Gasteiger partial charge is 0.497 e. The number of carbonyl (C=O) groups excluding carboxylic acids is 3. The second-order valence-electron chi connectivity index (χ2n) is 7.88. The summed E-state index contributed by atoms with van der Waals surface area (Å²) in [6, 6.07) is 13.7. The molecule has 0 spiro atoms. The van der Waals surface area contributed by atoms with Crippen molar-refractivity contribution in [2.75, 3.05) is 30.8 Å². The zero-order chi connectivity index (χ0) is 22.3. The van der Waals surface area contributed by atoms with Crippen molar-refractivity contribution in [1.29, 1.82) is 0 Å². The lowest BCUT2D eigenvalue weighted by atomic mass is 9.95. The van der Waals surface area contributed by atoms with Crippen LogP contribution in [-0.2, 0) is 9.59 Å². The van der Waals surface area contributed by atoms with Crippen molar-refractivity contribution in [3.8, 4) is 5.75 Å². The summed E-state index contributed by atoms with van der Waals surface area (Å²) < 4.78 is 5.15. The molecule has 3 amide bonds. The Morgan fingerprint density at radius 3 is 2.20 bits per heavy atom. The lowest BCUT2D eigenvalue weighted by molar-refractivity contribution is -0.123. The van der Waals surface area contributed by atoms with Gasteiger partial charge in [-0.15, -0.1) is 0 Å². The molecular formula is C23H29N3O4. The highest BCUT2D eigenvalue weighted by Gasteiger charge is 2.22. The fourth-order valence-corrected chi connectivity index (χ4v) is 2.63. The van der Waals surface area contributed by atoms with Gasteiger partial charge in [0.05, 0.1) is 7.11 Å². The van der Waals surface area contributed by atoms with Gasteiger partial charge in [-0.3, -0.25) is 14.4 Å². The number of benzene rings is 2. The quantitative estimate of drug-likeness (QED) is 0.726. The van der Waals surface area contributed by atoms with E-state index in [9.17, 15) is 14.4 Å². The van der Waals surface area contributed by atoms with E-state index in [1.807, 2.05) is 27.7 Å². The Morgan fingerprint density at radius 2 is 1.60 bits per heavy atom. The number of methoxy groups -OCH3 is 1. The minimum atomic E-state index is -0.548. The van der Waals surface area contributed by atoms with Crippen molar-refractivity contribution in [2.45, 2.75) is 27.7 Å². The summed E-state index contributed by atoms with van der Waals surface area (Å²) >= 11 is 0. The molecule has 2 aromatic carbocycles. The molecule has 0 saturated heterocycles. The van der Waals surface area contributed by atoms with E-state index in [0.717, 1.165) is 0 Å². The number of ether oxygens (including phenoxy) is 1. The number of likely N-dealkylation sites (N-methyl/N-ethyl adjacent to an activating group) is 1. The topological polar surface area (TPSA) is 87.7 Å². The van der Waals surface area contributed by atoms with E-state index < -0.39 is 5.41 Å². The number of hydrogen-bond acceptors (Lipinski definition) is 4. The number of rotatable bonds is 7. The molecule has 7 heteroatoms. The first-order valence-electron chi connectivity index (χ1n) is 9.78. The lowest BCUT2D eigenvalue weighted by Crippen LogP contribution is -2.38. The fourth-order valence-electron chi connectivity index (χ4n) is 2.63. The zero-order valence-electron chi connectivity index (χ0n) is 18.1. The molecule has 0 radical (unpaired) electrons. The van der Waals surface area contributed by atoms with E-state index >= 15 is 0 Å². The highest BCUT2D eigenvalue weighted by Crippen LogP contribution is 2.19. The smallest absolute Gasteiger partial charge is 0.254 e. The maximum Gasteiger partial charge on any atom is 0.254 e. The van der Waals surface area contributed by atoms with Crippen molar-refractivity contribution in [2.24, 2.45) is 5.41 Å². The predicted molar refractivity (Wildman–Crippen MR) is 118 cm³/mol. The molecule has 0 heterocycles. The van der Waals surface area contributed by atoms with E-state index in [2.05, 4.69) is 10.6 Å². The highest BCUT2D eigenvalue weighted by molar-refractivity contribution is 6.01. The van der Waals surface area contributed by atoms with Gasteiger partial charge >= 0.3 is 0 Å². The summed E-state index contributed by atoms with van der Waals surface area (Å²) in [6.07, 6.45) is 0. The molecule has 0 aliphatic carbocycles. The standard InChI is InChI=1S/C23H29N3O4/c1-6-26(15-20(27)24-18-11-8-12-19(14-18)30-5)21(28)16-9-7-10-17(13-16)25-22(29)23(2,3)4/h7-14H,6,15H2,1-5H3,(H,24,27)(H,25,29). The fraction of sp³-hybridized carbons (Fsp3) is 0.348. The first kappa shape index (κ1) is 22.9. The highest BCUT2D eigenvalue weighted by atomic mass is 16.5.